The molecule has 1 aromatic carbocycles. The highest BCUT2D eigenvalue weighted by atomic mass is 16.5. The van der Waals surface area contributed by atoms with Crippen molar-refractivity contribution in [2.45, 2.75) is 69.1 Å². The summed E-state index contributed by atoms with van der Waals surface area (Å²) in [7, 11) is 0. The van der Waals surface area contributed by atoms with Gasteiger partial charge in [0.25, 0.3) is 0 Å². The number of rotatable bonds is 8. The topological polar surface area (TPSA) is 116 Å². The smallest absolute Gasteiger partial charge is 0.326 e. The van der Waals surface area contributed by atoms with Crippen molar-refractivity contribution in [2.75, 3.05) is 13.2 Å². The summed E-state index contributed by atoms with van der Waals surface area (Å²) in [5, 5.41) is 22.2. The first-order chi connectivity index (χ1) is 14.3. The van der Waals surface area contributed by atoms with E-state index in [2.05, 4.69) is 5.32 Å². The minimum absolute atomic E-state index is 0.325. The SMILES string of the molecule is CC(N[C@@H](CCc1ccccc1)C(=O)O)C(=O)N1[C@H](C(=O)O)CCC12CCCOC2. The molecule has 0 radical (unpaired) electrons. The number of hydrogen-bond acceptors (Lipinski definition) is 5. The van der Waals surface area contributed by atoms with Crippen LogP contribution in [0.15, 0.2) is 30.3 Å². The highest BCUT2D eigenvalue weighted by Crippen LogP contribution is 2.40. The molecule has 3 rings (SSSR count). The molecule has 1 aromatic rings. The van der Waals surface area contributed by atoms with Crippen LogP contribution in [0.3, 0.4) is 0 Å². The van der Waals surface area contributed by atoms with Gasteiger partial charge in [-0.2, -0.15) is 0 Å². The molecule has 3 N–H and O–H groups in total. The Morgan fingerprint density at radius 2 is 1.97 bits per heavy atom. The highest BCUT2D eigenvalue weighted by molar-refractivity contribution is 5.89. The molecule has 2 saturated heterocycles. The normalized spacial score (nSPS) is 25.8. The summed E-state index contributed by atoms with van der Waals surface area (Å²) in [6.07, 6.45) is 3.32. The first-order valence-electron chi connectivity index (χ1n) is 10.5. The monoisotopic (exact) mass is 418 g/mol. The van der Waals surface area contributed by atoms with E-state index in [0.29, 0.717) is 45.3 Å². The predicted octanol–water partition coefficient (Wildman–Crippen LogP) is 1.68. The third-order valence-corrected chi connectivity index (χ3v) is 6.21. The van der Waals surface area contributed by atoms with E-state index < -0.39 is 35.6 Å². The summed E-state index contributed by atoms with van der Waals surface area (Å²) in [6, 6.07) is 6.93. The summed E-state index contributed by atoms with van der Waals surface area (Å²) in [6.45, 7) is 2.54. The maximum Gasteiger partial charge on any atom is 0.326 e. The van der Waals surface area contributed by atoms with E-state index in [-0.39, 0.29) is 5.91 Å². The number of hydrogen-bond donors (Lipinski definition) is 3. The average molecular weight is 418 g/mol. The molecule has 2 unspecified atom stereocenters. The predicted molar refractivity (Wildman–Crippen MR) is 109 cm³/mol. The molecule has 164 valence electrons. The summed E-state index contributed by atoms with van der Waals surface area (Å²) < 4.78 is 5.60. The van der Waals surface area contributed by atoms with Crippen LogP contribution in [0, 0.1) is 0 Å². The fourth-order valence-corrected chi connectivity index (χ4v) is 4.65. The van der Waals surface area contributed by atoms with Gasteiger partial charge in [-0.25, -0.2) is 4.79 Å². The van der Waals surface area contributed by atoms with Crippen molar-refractivity contribution in [3.05, 3.63) is 35.9 Å². The standard InChI is InChI=1S/C22H30N2O6/c1-15(23-17(20(26)27)9-8-16-6-3-2-4-7-16)19(25)24-18(21(28)29)10-12-22(24)11-5-13-30-14-22/h2-4,6-7,15,17-18,23H,5,8-14H2,1H3,(H,26,27)(H,28,29)/t15?,17-,18-,22?/m0/s1. The summed E-state index contributed by atoms with van der Waals surface area (Å²) in [5.41, 5.74) is 0.408. The summed E-state index contributed by atoms with van der Waals surface area (Å²) >= 11 is 0. The number of carboxylic acid groups (broad SMARTS) is 2. The molecule has 2 heterocycles. The van der Waals surface area contributed by atoms with Gasteiger partial charge in [0.15, 0.2) is 0 Å². The van der Waals surface area contributed by atoms with Crippen LogP contribution in [-0.4, -0.2) is 69.8 Å². The van der Waals surface area contributed by atoms with Gasteiger partial charge in [0.2, 0.25) is 5.91 Å². The Balaban J connectivity index is 1.71. The maximum absolute atomic E-state index is 13.3. The number of nitrogens with zero attached hydrogens (tertiary/aromatic N) is 1. The largest absolute Gasteiger partial charge is 0.480 e. The van der Waals surface area contributed by atoms with Gasteiger partial charge in [-0.15, -0.1) is 0 Å². The second-order valence-electron chi connectivity index (χ2n) is 8.28. The summed E-state index contributed by atoms with van der Waals surface area (Å²) in [5.74, 6) is -2.44. The molecule has 0 bridgehead atoms. The first-order valence-corrected chi connectivity index (χ1v) is 10.5. The van der Waals surface area contributed by atoms with E-state index in [1.165, 1.54) is 4.90 Å². The molecule has 0 aliphatic carbocycles. The molecule has 0 aromatic heterocycles. The van der Waals surface area contributed by atoms with Gasteiger partial charge in [0.1, 0.15) is 12.1 Å². The maximum atomic E-state index is 13.3. The lowest BCUT2D eigenvalue weighted by Gasteiger charge is -2.43. The van der Waals surface area contributed by atoms with Crippen molar-refractivity contribution >= 4 is 17.8 Å². The van der Waals surface area contributed by atoms with E-state index >= 15 is 0 Å². The molecule has 2 fully saturated rings. The number of carbonyl (C=O) groups excluding carboxylic acids is 1. The summed E-state index contributed by atoms with van der Waals surface area (Å²) in [4.78, 5) is 38.4. The van der Waals surface area contributed by atoms with Crippen molar-refractivity contribution in [1.82, 2.24) is 10.2 Å². The molecule has 0 saturated carbocycles. The van der Waals surface area contributed by atoms with Crippen molar-refractivity contribution in [3.63, 3.8) is 0 Å². The van der Waals surface area contributed by atoms with E-state index in [1.54, 1.807) is 6.92 Å². The molecule has 8 heteroatoms. The molecule has 30 heavy (non-hydrogen) atoms. The quantitative estimate of drug-likeness (QED) is 0.588. The van der Waals surface area contributed by atoms with Gasteiger partial charge < -0.3 is 19.8 Å². The molecular formula is C22H30N2O6. The number of carboxylic acids is 2. The average Bonchev–Trinajstić information content (AvgIpc) is 3.09. The zero-order chi connectivity index (χ0) is 21.7. The van der Waals surface area contributed by atoms with Crippen LogP contribution in [-0.2, 0) is 25.5 Å². The Bertz CT molecular complexity index is 762. The second-order valence-corrected chi connectivity index (χ2v) is 8.28. The number of likely N-dealkylation sites (tertiary alicyclic amines) is 1. The van der Waals surface area contributed by atoms with Gasteiger partial charge in [0, 0.05) is 6.61 Å². The molecule has 1 amide bonds. The fraction of sp³-hybridized carbons (Fsp3) is 0.591. The third kappa shape index (κ3) is 4.82. The second kappa shape index (κ2) is 9.57. The third-order valence-electron chi connectivity index (χ3n) is 6.21. The van der Waals surface area contributed by atoms with Gasteiger partial charge in [-0.1, -0.05) is 30.3 Å². The van der Waals surface area contributed by atoms with Crippen LogP contribution in [0.2, 0.25) is 0 Å². The van der Waals surface area contributed by atoms with E-state index in [4.69, 9.17) is 4.74 Å². The molecule has 4 atom stereocenters. The van der Waals surface area contributed by atoms with Gasteiger partial charge in [0.05, 0.1) is 18.2 Å². The Hall–Kier alpha value is -2.45. The van der Waals surface area contributed by atoms with Crippen LogP contribution in [0.1, 0.15) is 44.6 Å². The number of carbonyl (C=O) groups is 3. The Morgan fingerprint density at radius 3 is 2.57 bits per heavy atom. The fourth-order valence-electron chi connectivity index (χ4n) is 4.65. The van der Waals surface area contributed by atoms with Crippen LogP contribution < -0.4 is 5.32 Å². The van der Waals surface area contributed by atoms with Crippen molar-refractivity contribution < 1.29 is 29.3 Å². The van der Waals surface area contributed by atoms with Crippen LogP contribution >= 0.6 is 0 Å². The van der Waals surface area contributed by atoms with Crippen LogP contribution in [0.5, 0.6) is 0 Å². The molecule has 2 aliphatic heterocycles. The zero-order valence-electron chi connectivity index (χ0n) is 17.3. The molecule has 2 aliphatic rings. The number of ether oxygens (including phenoxy) is 1. The lowest BCUT2D eigenvalue weighted by molar-refractivity contribution is -0.157. The number of aliphatic carboxylic acids is 2. The van der Waals surface area contributed by atoms with Crippen LogP contribution in [0.25, 0.3) is 0 Å². The number of aryl methyl sites for hydroxylation is 1. The Morgan fingerprint density at radius 1 is 1.23 bits per heavy atom. The number of benzene rings is 1. The van der Waals surface area contributed by atoms with E-state index in [9.17, 15) is 24.6 Å². The minimum Gasteiger partial charge on any atom is -0.480 e. The van der Waals surface area contributed by atoms with Gasteiger partial charge >= 0.3 is 11.9 Å². The van der Waals surface area contributed by atoms with Crippen LogP contribution in [0.4, 0.5) is 0 Å². The first kappa shape index (κ1) is 22.2. The number of nitrogens with one attached hydrogen (secondary N) is 1. The Kier molecular flexibility index (Phi) is 7.10. The lowest BCUT2D eigenvalue weighted by Crippen LogP contribution is -2.61. The minimum atomic E-state index is -1.03. The van der Waals surface area contributed by atoms with E-state index in [0.717, 1.165) is 12.0 Å². The molecule has 8 nitrogen and oxygen atoms in total. The lowest BCUT2D eigenvalue weighted by atomic mass is 9.89. The Labute approximate surface area is 176 Å². The molecule has 1 spiro atoms. The van der Waals surface area contributed by atoms with Gasteiger partial charge in [-0.05, 0) is 51.0 Å². The van der Waals surface area contributed by atoms with E-state index in [1.807, 2.05) is 30.3 Å². The van der Waals surface area contributed by atoms with Crippen molar-refractivity contribution in [2.24, 2.45) is 0 Å². The van der Waals surface area contributed by atoms with Gasteiger partial charge in [-0.3, -0.25) is 14.9 Å². The zero-order valence-corrected chi connectivity index (χ0v) is 17.3. The van der Waals surface area contributed by atoms with Crippen molar-refractivity contribution in [3.8, 4) is 0 Å². The number of amides is 1. The molecular weight excluding hydrogens is 388 g/mol. The van der Waals surface area contributed by atoms with Crippen molar-refractivity contribution in [1.29, 1.82) is 0 Å². The highest BCUT2D eigenvalue weighted by Gasteiger charge is 2.53.